The zero-order valence-electron chi connectivity index (χ0n) is 9.49. The first kappa shape index (κ1) is 13.9. The van der Waals surface area contributed by atoms with Gasteiger partial charge >= 0.3 is 6.18 Å². The van der Waals surface area contributed by atoms with E-state index in [-0.39, 0.29) is 0 Å². The molecule has 0 aliphatic heterocycles. The lowest BCUT2D eigenvalue weighted by Gasteiger charge is -2.15. The van der Waals surface area contributed by atoms with Crippen molar-refractivity contribution in [2.24, 2.45) is 0 Å². The summed E-state index contributed by atoms with van der Waals surface area (Å²) in [5, 5.41) is 10.4. The molecule has 1 aromatic carbocycles. The lowest BCUT2D eigenvalue weighted by atomic mass is 10.0. The van der Waals surface area contributed by atoms with Crippen molar-refractivity contribution in [2.75, 3.05) is 14.1 Å². The summed E-state index contributed by atoms with van der Waals surface area (Å²) in [5.74, 6) is -0.864. The van der Waals surface area contributed by atoms with E-state index in [2.05, 4.69) is 0 Å². The van der Waals surface area contributed by atoms with Crippen molar-refractivity contribution in [3.8, 4) is 0 Å². The first-order valence-electron chi connectivity index (χ1n) is 4.72. The summed E-state index contributed by atoms with van der Waals surface area (Å²) in [6.07, 6.45) is -4.83. The second-order valence-corrected chi connectivity index (χ2v) is 3.68. The number of non-ortho nitro benzene ring substituents is 1. The standard InChI is InChI=1S/C10H9F3N2O3/c1-14(2)9(16)7-4-3-6(15(17)18)5-8(7)10(11,12)13/h3-5H,1-2H3. The van der Waals surface area contributed by atoms with Crippen LogP contribution in [0.3, 0.4) is 0 Å². The van der Waals surface area contributed by atoms with E-state index >= 15 is 0 Å². The number of rotatable bonds is 2. The minimum absolute atomic E-state index is 0.358. The minimum Gasteiger partial charge on any atom is -0.345 e. The van der Waals surface area contributed by atoms with E-state index in [1.807, 2.05) is 0 Å². The molecule has 0 saturated carbocycles. The lowest BCUT2D eigenvalue weighted by molar-refractivity contribution is -0.385. The summed E-state index contributed by atoms with van der Waals surface area (Å²) in [6.45, 7) is 0. The second kappa shape index (κ2) is 4.63. The summed E-state index contributed by atoms with van der Waals surface area (Å²) in [7, 11) is 2.59. The van der Waals surface area contributed by atoms with Gasteiger partial charge in [0.25, 0.3) is 11.6 Å². The van der Waals surface area contributed by atoms with Gasteiger partial charge in [-0.2, -0.15) is 13.2 Å². The Morgan fingerprint density at radius 1 is 1.33 bits per heavy atom. The maximum Gasteiger partial charge on any atom is 0.417 e. The fourth-order valence-corrected chi connectivity index (χ4v) is 1.31. The van der Waals surface area contributed by atoms with Gasteiger partial charge in [-0.25, -0.2) is 0 Å². The average Bonchev–Trinajstić information content (AvgIpc) is 2.25. The van der Waals surface area contributed by atoms with E-state index in [1.54, 1.807) is 0 Å². The Bertz CT molecular complexity index is 498. The number of alkyl halides is 3. The van der Waals surface area contributed by atoms with Crippen LogP contribution in [0.1, 0.15) is 15.9 Å². The fraction of sp³-hybridized carbons (Fsp3) is 0.300. The number of nitro benzene ring substituents is 1. The highest BCUT2D eigenvalue weighted by Gasteiger charge is 2.37. The quantitative estimate of drug-likeness (QED) is 0.607. The molecule has 1 amide bonds. The van der Waals surface area contributed by atoms with Gasteiger partial charge in [0.1, 0.15) is 0 Å². The molecule has 0 spiro atoms. The fourth-order valence-electron chi connectivity index (χ4n) is 1.31. The Balaban J connectivity index is 3.44. The molecule has 0 aliphatic carbocycles. The maximum absolute atomic E-state index is 12.7. The SMILES string of the molecule is CN(C)C(=O)c1ccc([N+](=O)[O-])cc1C(F)(F)F. The Morgan fingerprint density at radius 3 is 2.28 bits per heavy atom. The van der Waals surface area contributed by atoms with E-state index < -0.39 is 33.8 Å². The molecule has 8 heteroatoms. The van der Waals surface area contributed by atoms with Crippen molar-refractivity contribution in [1.82, 2.24) is 4.90 Å². The number of carbonyl (C=O) groups is 1. The van der Waals surface area contributed by atoms with Gasteiger partial charge in [-0.3, -0.25) is 14.9 Å². The summed E-state index contributed by atoms with van der Waals surface area (Å²) < 4.78 is 38.2. The van der Waals surface area contributed by atoms with Crippen LogP contribution in [0.15, 0.2) is 18.2 Å². The number of halogens is 3. The Hall–Kier alpha value is -2.12. The Labute approximate surface area is 100.0 Å². The van der Waals surface area contributed by atoms with Gasteiger partial charge in [-0.1, -0.05) is 0 Å². The smallest absolute Gasteiger partial charge is 0.345 e. The molecule has 0 N–H and O–H groups in total. The van der Waals surface area contributed by atoms with Crippen LogP contribution < -0.4 is 0 Å². The van der Waals surface area contributed by atoms with E-state index in [1.165, 1.54) is 14.1 Å². The monoisotopic (exact) mass is 262 g/mol. The number of nitro groups is 1. The molecule has 0 atom stereocenters. The normalized spacial score (nSPS) is 11.2. The number of nitrogens with zero attached hydrogens (tertiary/aromatic N) is 2. The zero-order valence-corrected chi connectivity index (χ0v) is 9.49. The third-order valence-electron chi connectivity index (χ3n) is 2.16. The van der Waals surface area contributed by atoms with Crippen molar-refractivity contribution in [3.05, 3.63) is 39.4 Å². The second-order valence-electron chi connectivity index (χ2n) is 3.68. The van der Waals surface area contributed by atoms with Gasteiger partial charge in [-0.05, 0) is 6.07 Å². The number of hydrogen-bond acceptors (Lipinski definition) is 3. The Morgan fingerprint density at radius 2 is 1.89 bits per heavy atom. The van der Waals surface area contributed by atoms with Crippen LogP contribution in [0.5, 0.6) is 0 Å². The van der Waals surface area contributed by atoms with Gasteiger partial charge in [0.05, 0.1) is 16.1 Å². The van der Waals surface area contributed by atoms with E-state index in [0.29, 0.717) is 6.07 Å². The minimum atomic E-state index is -4.83. The third-order valence-corrected chi connectivity index (χ3v) is 2.16. The van der Waals surface area contributed by atoms with Gasteiger partial charge in [-0.15, -0.1) is 0 Å². The molecule has 18 heavy (non-hydrogen) atoms. The van der Waals surface area contributed by atoms with Crippen molar-refractivity contribution < 1.29 is 22.9 Å². The molecule has 1 rings (SSSR count). The van der Waals surface area contributed by atoms with Crippen molar-refractivity contribution in [1.29, 1.82) is 0 Å². The number of benzene rings is 1. The highest BCUT2D eigenvalue weighted by atomic mass is 19.4. The molecule has 0 aliphatic rings. The molecule has 1 aromatic rings. The van der Waals surface area contributed by atoms with Crippen LogP contribution >= 0.6 is 0 Å². The summed E-state index contributed by atoms with van der Waals surface area (Å²) in [5.41, 5.74) is -2.63. The first-order chi connectivity index (χ1) is 8.14. The molecule has 0 bridgehead atoms. The lowest BCUT2D eigenvalue weighted by Crippen LogP contribution is -2.25. The maximum atomic E-state index is 12.7. The summed E-state index contributed by atoms with van der Waals surface area (Å²) in [4.78, 5) is 22.0. The van der Waals surface area contributed by atoms with E-state index in [9.17, 15) is 28.1 Å². The van der Waals surface area contributed by atoms with Crippen molar-refractivity contribution in [2.45, 2.75) is 6.18 Å². The number of amides is 1. The molecule has 0 unspecified atom stereocenters. The van der Waals surface area contributed by atoms with Gasteiger partial charge in [0, 0.05) is 26.2 Å². The van der Waals surface area contributed by atoms with Gasteiger partial charge in [0.2, 0.25) is 0 Å². The van der Waals surface area contributed by atoms with Crippen molar-refractivity contribution >= 4 is 11.6 Å². The van der Waals surface area contributed by atoms with Crippen molar-refractivity contribution in [3.63, 3.8) is 0 Å². The molecule has 98 valence electrons. The highest BCUT2D eigenvalue weighted by molar-refractivity contribution is 5.95. The largest absolute Gasteiger partial charge is 0.417 e. The number of hydrogen-bond donors (Lipinski definition) is 0. The molecule has 0 aromatic heterocycles. The Kier molecular flexibility index (Phi) is 3.59. The summed E-state index contributed by atoms with van der Waals surface area (Å²) >= 11 is 0. The predicted molar refractivity (Wildman–Crippen MR) is 56.1 cm³/mol. The topological polar surface area (TPSA) is 63.5 Å². The molecule has 5 nitrogen and oxygen atoms in total. The van der Waals surface area contributed by atoms with Crippen LogP contribution in [-0.2, 0) is 6.18 Å². The van der Waals surface area contributed by atoms with E-state index in [4.69, 9.17) is 0 Å². The predicted octanol–water partition coefficient (Wildman–Crippen LogP) is 2.32. The number of carbonyl (C=O) groups excluding carboxylic acids is 1. The average molecular weight is 262 g/mol. The molecule has 0 heterocycles. The third kappa shape index (κ3) is 2.76. The molecular weight excluding hydrogens is 253 g/mol. The summed E-state index contributed by atoms with van der Waals surface area (Å²) in [6, 6.07) is 2.03. The highest BCUT2D eigenvalue weighted by Crippen LogP contribution is 2.34. The molecule has 0 radical (unpaired) electrons. The molecular formula is C10H9F3N2O3. The van der Waals surface area contributed by atoms with Gasteiger partial charge < -0.3 is 4.90 Å². The molecule has 0 saturated heterocycles. The van der Waals surface area contributed by atoms with Crippen LogP contribution in [0, 0.1) is 10.1 Å². The molecule has 0 fully saturated rings. The van der Waals surface area contributed by atoms with E-state index in [0.717, 1.165) is 17.0 Å². The van der Waals surface area contributed by atoms with Crippen LogP contribution in [0.2, 0.25) is 0 Å². The zero-order chi connectivity index (χ0) is 14.1. The van der Waals surface area contributed by atoms with Crippen LogP contribution in [0.4, 0.5) is 18.9 Å². The van der Waals surface area contributed by atoms with Crippen LogP contribution in [-0.4, -0.2) is 29.8 Å². The van der Waals surface area contributed by atoms with Crippen LogP contribution in [0.25, 0.3) is 0 Å². The first-order valence-corrected chi connectivity index (χ1v) is 4.72. The van der Waals surface area contributed by atoms with Gasteiger partial charge in [0.15, 0.2) is 0 Å².